The Hall–Kier alpha value is -1.48. The van der Waals surface area contributed by atoms with E-state index in [-0.39, 0.29) is 0 Å². The SMILES string of the molecule is O=C(O)C(F)(OC(F)(F)C(F)(F)C(F)(F)C(F)(F)F)C(F)(F)F. The zero-order valence-corrected chi connectivity index (χ0v) is 9.68. The minimum absolute atomic E-state index is 1.54. The molecule has 1 atom stereocenters. The molecule has 0 aromatic carbocycles. The van der Waals surface area contributed by atoms with Crippen LogP contribution >= 0.6 is 0 Å². The number of hydrogen-bond acceptors (Lipinski definition) is 2. The number of aliphatic carboxylic acids is 1. The summed E-state index contributed by atoms with van der Waals surface area (Å²) in [4.78, 5) is 9.91. The van der Waals surface area contributed by atoms with Crippen molar-refractivity contribution in [2.24, 2.45) is 0 Å². The van der Waals surface area contributed by atoms with Crippen LogP contribution < -0.4 is 0 Å². The second kappa shape index (κ2) is 5.27. The van der Waals surface area contributed by atoms with E-state index in [0.717, 1.165) is 0 Å². The summed E-state index contributed by atoms with van der Waals surface area (Å²) in [5.74, 6) is -26.2. The largest absolute Gasteiger partial charge is 0.477 e. The third-order valence-electron chi connectivity index (χ3n) is 2.02. The van der Waals surface area contributed by atoms with Crippen molar-refractivity contribution < 1.29 is 71.7 Å². The van der Waals surface area contributed by atoms with Gasteiger partial charge in [-0.05, 0) is 0 Å². The molecule has 16 heteroatoms. The summed E-state index contributed by atoms with van der Waals surface area (Å²) < 4.78 is 160. The maximum atomic E-state index is 12.8. The monoisotopic (exact) mass is 380 g/mol. The molecule has 0 aromatic heterocycles. The van der Waals surface area contributed by atoms with E-state index in [4.69, 9.17) is 5.11 Å². The van der Waals surface area contributed by atoms with Crippen LogP contribution in [0.15, 0.2) is 0 Å². The lowest BCUT2D eigenvalue weighted by molar-refractivity contribution is -0.483. The van der Waals surface area contributed by atoms with Gasteiger partial charge in [0.25, 0.3) is 0 Å². The second-order valence-electron chi connectivity index (χ2n) is 3.66. The van der Waals surface area contributed by atoms with Crippen molar-refractivity contribution in [1.82, 2.24) is 0 Å². The summed E-state index contributed by atoms with van der Waals surface area (Å²) in [5, 5.41) is 7.75. The zero-order chi connectivity index (χ0) is 19.3. The van der Waals surface area contributed by atoms with Gasteiger partial charge in [0.2, 0.25) is 0 Å². The molecule has 0 amide bonds. The van der Waals surface area contributed by atoms with Gasteiger partial charge < -0.3 is 5.11 Å². The van der Waals surface area contributed by atoms with Crippen LogP contribution in [0.3, 0.4) is 0 Å². The maximum Gasteiger partial charge on any atom is 0.460 e. The van der Waals surface area contributed by atoms with Crippen molar-refractivity contribution in [3.05, 3.63) is 0 Å². The molecule has 0 saturated heterocycles. The van der Waals surface area contributed by atoms with Gasteiger partial charge in [-0.2, -0.15) is 57.1 Å². The number of alkyl halides is 13. The normalized spacial score (nSPS) is 17.8. The number of hydrogen-bond donors (Lipinski definition) is 1. The molecule has 0 aliphatic rings. The standard InChI is InChI=1S/C7HF13O3/c8-2(1(21)22,5(13,14)15)23-7(19,20)4(11,12)3(9,10)6(16,17)18/h(H,21,22). The minimum Gasteiger partial charge on any atom is -0.477 e. The average molecular weight is 380 g/mol. The summed E-state index contributed by atoms with van der Waals surface area (Å²) in [6.07, 6.45) is -22.0. The highest BCUT2D eigenvalue weighted by atomic mass is 19.4. The Balaban J connectivity index is 6.04. The van der Waals surface area contributed by atoms with Crippen molar-refractivity contribution in [3.63, 3.8) is 0 Å². The van der Waals surface area contributed by atoms with E-state index >= 15 is 0 Å². The van der Waals surface area contributed by atoms with Crippen LogP contribution in [0.1, 0.15) is 0 Å². The highest BCUT2D eigenvalue weighted by Gasteiger charge is 2.85. The van der Waals surface area contributed by atoms with E-state index in [1.165, 1.54) is 0 Å². The summed E-state index contributed by atoms with van der Waals surface area (Å²) in [7, 11) is 0. The van der Waals surface area contributed by atoms with Gasteiger partial charge in [0.05, 0.1) is 0 Å². The summed E-state index contributed by atoms with van der Waals surface area (Å²) >= 11 is 0. The number of rotatable bonds is 5. The first-order valence-electron chi connectivity index (χ1n) is 4.54. The molecule has 0 fully saturated rings. The number of carboxylic acids is 1. The van der Waals surface area contributed by atoms with E-state index in [1.807, 2.05) is 0 Å². The molecular weight excluding hydrogens is 379 g/mol. The third kappa shape index (κ3) is 3.25. The van der Waals surface area contributed by atoms with Crippen LogP contribution in [0.5, 0.6) is 0 Å². The van der Waals surface area contributed by atoms with Crippen LogP contribution in [-0.4, -0.2) is 47.2 Å². The molecule has 0 heterocycles. The Morgan fingerprint density at radius 1 is 0.652 bits per heavy atom. The topological polar surface area (TPSA) is 46.5 Å². The molecule has 0 aliphatic carbocycles. The molecule has 0 rings (SSSR count). The van der Waals surface area contributed by atoms with E-state index in [0.29, 0.717) is 0 Å². The minimum atomic E-state index is -7.78. The lowest BCUT2D eigenvalue weighted by atomic mass is 10.1. The summed E-state index contributed by atoms with van der Waals surface area (Å²) in [6.45, 7) is 0. The summed E-state index contributed by atoms with van der Waals surface area (Å²) in [6, 6.07) is 0. The van der Waals surface area contributed by atoms with Crippen LogP contribution in [-0.2, 0) is 9.53 Å². The van der Waals surface area contributed by atoms with Crippen molar-refractivity contribution in [2.75, 3.05) is 0 Å². The van der Waals surface area contributed by atoms with Crippen molar-refractivity contribution in [2.45, 2.75) is 36.2 Å². The molecule has 0 aliphatic heterocycles. The van der Waals surface area contributed by atoms with Gasteiger partial charge in [0.1, 0.15) is 0 Å². The molecule has 3 nitrogen and oxygen atoms in total. The maximum absolute atomic E-state index is 12.8. The first-order valence-corrected chi connectivity index (χ1v) is 4.54. The molecule has 1 unspecified atom stereocenters. The van der Waals surface area contributed by atoms with E-state index in [9.17, 15) is 61.9 Å². The third-order valence-corrected chi connectivity index (χ3v) is 2.02. The van der Waals surface area contributed by atoms with Crippen LogP contribution in [0, 0.1) is 0 Å². The number of halogens is 13. The highest BCUT2D eigenvalue weighted by molar-refractivity contribution is 5.76. The number of ether oxygens (including phenoxy) is 1. The summed E-state index contributed by atoms with van der Waals surface area (Å²) in [5.41, 5.74) is 0. The van der Waals surface area contributed by atoms with Crippen LogP contribution in [0.2, 0.25) is 0 Å². The van der Waals surface area contributed by atoms with Gasteiger partial charge in [0.15, 0.2) is 0 Å². The molecule has 0 radical (unpaired) electrons. The van der Waals surface area contributed by atoms with Gasteiger partial charge in [0, 0.05) is 0 Å². The van der Waals surface area contributed by atoms with Crippen molar-refractivity contribution >= 4 is 5.97 Å². The Bertz CT molecular complexity index is 463. The lowest BCUT2D eigenvalue weighted by Gasteiger charge is -2.35. The quantitative estimate of drug-likeness (QED) is 0.740. The smallest absolute Gasteiger partial charge is 0.460 e. The van der Waals surface area contributed by atoms with E-state index in [2.05, 4.69) is 0 Å². The Kier molecular flexibility index (Phi) is 4.93. The molecule has 0 spiro atoms. The molecule has 0 aromatic rings. The Morgan fingerprint density at radius 2 is 1.00 bits per heavy atom. The Labute approximate surface area is 115 Å². The lowest BCUT2D eigenvalue weighted by Crippen LogP contribution is -2.65. The van der Waals surface area contributed by atoms with E-state index < -0.39 is 42.1 Å². The van der Waals surface area contributed by atoms with Crippen molar-refractivity contribution in [1.29, 1.82) is 0 Å². The van der Waals surface area contributed by atoms with Crippen LogP contribution in [0.4, 0.5) is 57.1 Å². The fourth-order valence-electron chi connectivity index (χ4n) is 0.824. The predicted octanol–water partition coefficient (Wildman–Crippen LogP) is 3.74. The molecular formula is C7HF13O3. The molecule has 0 bridgehead atoms. The average Bonchev–Trinajstić information content (AvgIpc) is 2.24. The van der Waals surface area contributed by atoms with Gasteiger partial charge in [-0.25, -0.2) is 4.79 Å². The first kappa shape index (κ1) is 21.5. The second-order valence-corrected chi connectivity index (χ2v) is 3.66. The van der Waals surface area contributed by atoms with Gasteiger partial charge in [-0.3, -0.25) is 4.74 Å². The van der Waals surface area contributed by atoms with E-state index in [1.54, 1.807) is 4.74 Å². The zero-order valence-electron chi connectivity index (χ0n) is 9.68. The fraction of sp³-hybridized carbons (Fsp3) is 0.857. The van der Waals surface area contributed by atoms with Gasteiger partial charge in [-0.15, -0.1) is 0 Å². The highest BCUT2D eigenvalue weighted by Crippen LogP contribution is 2.55. The number of carboxylic acid groups (broad SMARTS) is 1. The Morgan fingerprint density at radius 3 is 1.22 bits per heavy atom. The number of carbonyl (C=O) groups is 1. The first-order chi connectivity index (χ1) is 9.65. The molecule has 23 heavy (non-hydrogen) atoms. The van der Waals surface area contributed by atoms with Gasteiger partial charge >= 0.3 is 42.1 Å². The molecule has 1 N–H and O–H groups in total. The fourth-order valence-corrected chi connectivity index (χ4v) is 0.824. The van der Waals surface area contributed by atoms with Gasteiger partial charge in [-0.1, -0.05) is 0 Å². The predicted molar refractivity (Wildman–Crippen MR) is 39.5 cm³/mol. The molecule has 0 saturated carbocycles. The van der Waals surface area contributed by atoms with Crippen LogP contribution in [0.25, 0.3) is 0 Å². The van der Waals surface area contributed by atoms with Crippen molar-refractivity contribution in [3.8, 4) is 0 Å². The molecule has 138 valence electrons.